The van der Waals surface area contributed by atoms with Gasteiger partial charge in [0.15, 0.2) is 0 Å². The van der Waals surface area contributed by atoms with Crippen LogP contribution in [0.4, 0.5) is 4.79 Å². The van der Waals surface area contributed by atoms with Gasteiger partial charge in [0.25, 0.3) is 0 Å². The number of hydrogen-bond donors (Lipinski definition) is 3. The number of ether oxygens (including phenoxy) is 2. The monoisotopic (exact) mass is 572 g/mol. The van der Waals surface area contributed by atoms with Gasteiger partial charge in [-0.1, -0.05) is 41.9 Å². The van der Waals surface area contributed by atoms with Crippen LogP contribution in [0.3, 0.4) is 0 Å². The lowest BCUT2D eigenvalue weighted by Gasteiger charge is -2.29. The summed E-state index contributed by atoms with van der Waals surface area (Å²) in [7, 11) is 1.29. The molecule has 0 heterocycles. The van der Waals surface area contributed by atoms with Gasteiger partial charge in [0.2, 0.25) is 5.91 Å². The molecule has 0 radical (unpaired) electrons. The molecule has 0 aromatic heterocycles. The van der Waals surface area contributed by atoms with Gasteiger partial charge in [0.05, 0.1) is 12.7 Å². The van der Waals surface area contributed by atoms with E-state index >= 15 is 0 Å². The molecule has 2 amide bonds. The van der Waals surface area contributed by atoms with E-state index in [-0.39, 0.29) is 29.7 Å². The lowest BCUT2D eigenvalue weighted by Crippen LogP contribution is -2.46. The van der Waals surface area contributed by atoms with E-state index in [2.05, 4.69) is 10.6 Å². The van der Waals surface area contributed by atoms with Crippen LogP contribution in [0.5, 0.6) is 0 Å². The number of carboxylic acid groups (broad SMARTS) is 1. The van der Waals surface area contributed by atoms with Crippen molar-refractivity contribution in [3.05, 3.63) is 58.6 Å². The maximum absolute atomic E-state index is 13.0. The quantitative estimate of drug-likeness (QED) is 0.350. The van der Waals surface area contributed by atoms with Crippen molar-refractivity contribution in [2.75, 3.05) is 13.7 Å². The van der Waals surface area contributed by atoms with Gasteiger partial charge < -0.3 is 25.2 Å². The van der Waals surface area contributed by atoms with Crippen LogP contribution < -0.4 is 10.6 Å². The molecule has 1 saturated carbocycles. The zero-order valence-electron chi connectivity index (χ0n) is 23.3. The Labute approximate surface area is 239 Å². The van der Waals surface area contributed by atoms with E-state index in [1.54, 1.807) is 6.07 Å². The lowest BCUT2D eigenvalue weighted by molar-refractivity contribution is -0.145. The molecular weight excluding hydrogens is 536 g/mol. The summed E-state index contributed by atoms with van der Waals surface area (Å²) in [6.45, 7) is 5.94. The van der Waals surface area contributed by atoms with Gasteiger partial charge in [0, 0.05) is 29.5 Å². The number of carboxylic acids is 1. The summed E-state index contributed by atoms with van der Waals surface area (Å²) in [5.41, 5.74) is 1.85. The zero-order valence-corrected chi connectivity index (χ0v) is 24.0. The predicted octanol–water partition coefficient (Wildman–Crippen LogP) is 5.24. The van der Waals surface area contributed by atoms with Crippen LogP contribution in [-0.4, -0.2) is 54.3 Å². The first-order chi connectivity index (χ1) is 18.9. The Morgan fingerprint density at radius 2 is 1.68 bits per heavy atom. The number of rotatable bonds is 9. The number of carbonyl (C=O) groups is 4. The average molecular weight is 573 g/mol. The number of alkyl carbamates (subject to hydrolysis) is 1. The lowest BCUT2D eigenvalue weighted by atomic mass is 9.81. The summed E-state index contributed by atoms with van der Waals surface area (Å²) in [6.07, 6.45) is 2.70. The molecule has 10 heteroatoms. The van der Waals surface area contributed by atoms with Gasteiger partial charge in [-0.3, -0.25) is 4.79 Å². The van der Waals surface area contributed by atoms with Gasteiger partial charge in [-0.2, -0.15) is 0 Å². The summed E-state index contributed by atoms with van der Waals surface area (Å²) in [5.74, 6) is -1.72. The Hall–Kier alpha value is -3.59. The fourth-order valence-electron chi connectivity index (χ4n) is 4.73. The predicted molar refractivity (Wildman–Crippen MR) is 151 cm³/mol. The van der Waals surface area contributed by atoms with Crippen LogP contribution in [0.25, 0.3) is 11.1 Å². The van der Waals surface area contributed by atoms with Crippen LogP contribution in [-0.2, 0) is 25.5 Å². The van der Waals surface area contributed by atoms with E-state index in [1.807, 2.05) is 45.0 Å². The molecule has 40 heavy (non-hydrogen) atoms. The number of benzene rings is 2. The number of nitrogens with one attached hydrogen (secondary N) is 2. The number of aromatic carboxylic acids is 1. The minimum absolute atomic E-state index is 0.105. The van der Waals surface area contributed by atoms with Crippen LogP contribution in [0.15, 0.2) is 42.5 Å². The summed E-state index contributed by atoms with van der Waals surface area (Å²) in [4.78, 5) is 48.6. The van der Waals surface area contributed by atoms with Crippen LogP contribution >= 0.6 is 11.6 Å². The molecule has 2 aromatic carbocycles. The van der Waals surface area contributed by atoms with E-state index in [0.717, 1.165) is 24.0 Å². The minimum Gasteiger partial charge on any atom is -0.478 e. The summed E-state index contributed by atoms with van der Waals surface area (Å²) < 4.78 is 10.2. The maximum Gasteiger partial charge on any atom is 0.407 e. The van der Waals surface area contributed by atoms with E-state index in [9.17, 15) is 19.2 Å². The molecule has 0 bridgehead atoms. The number of hydrogen-bond acceptors (Lipinski definition) is 6. The third kappa shape index (κ3) is 8.98. The van der Waals surface area contributed by atoms with Gasteiger partial charge in [-0.25, -0.2) is 14.4 Å². The molecule has 0 saturated heterocycles. The number of carbonyl (C=O) groups excluding carboxylic acids is 3. The van der Waals surface area contributed by atoms with Crippen molar-refractivity contribution < 1.29 is 33.8 Å². The molecule has 0 unspecified atom stereocenters. The highest BCUT2D eigenvalue weighted by atomic mass is 35.5. The number of halogens is 1. The second-order valence-electron chi connectivity index (χ2n) is 11.1. The Morgan fingerprint density at radius 3 is 2.23 bits per heavy atom. The van der Waals surface area contributed by atoms with Gasteiger partial charge in [0.1, 0.15) is 11.6 Å². The zero-order chi connectivity index (χ0) is 29.4. The molecule has 1 aliphatic rings. The topological polar surface area (TPSA) is 131 Å². The van der Waals surface area contributed by atoms with Gasteiger partial charge >= 0.3 is 18.0 Å². The van der Waals surface area contributed by atoms with Gasteiger partial charge in [-0.15, -0.1) is 0 Å². The van der Waals surface area contributed by atoms with E-state index < -0.39 is 29.7 Å². The van der Waals surface area contributed by atoms with Gasteiger partial charge in [-0.05, 0) is 75.6 Å². The van der Waals surface area contributed by atoms with E-state index in [1.165, 1.54) is 19.2 Å². The largest absolute Gasteiger partial charge is 0.478 e. The Bertz CT molecular complexity index is 1220. The highest BCUT2D eigenvalue weighted by molar-refractivity contribution is 6.33. The van der Waals surface area contributed by atoms with Crippen molar-refractivity contribution in [2.24, 2.45) is 11.8 Å². The van der Waals surface area contributed by atoms with Crippen molar-refractivity contribution in [1.82, 2.24) is 10.6 Å². The van der Waals surface area contributed by atoms with Crippen LogP contribution in [0.1, 0.15) is 62.4 Å². The molecule has 1 aliphatic carbocycles. The molecule has 1 fully saturated rings. The minimum atomic E-state index is -1.05. The molecule has 3 rings (SSSR count). The molecule has 0 aliphatic heterocycles. The molecule has 0 spiro atoms. The normalized spacial score (nSPS) is 17.8. The van der Waals surface area contributed by atoms with Crippen molar-refractivity contribution >= 4 is 35.5 Å². The molecule has 1 atom stereocenters. The van der Waals surface area contributed by atoms with Crippen molar-refractivity contribution in [2.45, 2.75) is 64.5 Å². The molecular formula is C30H37ClN2O7. The Kier molecular flexibility index (Phi) is 10.6. The Morgan fingerprint density at radius 1 is 1.02 bits per heavy atom. The average Bonchev–Trinajstić information content (AvgIpc) is 2.90. The number of esters is 1. The van der Waals surface area contributed by atoms with E-state index in [4.69, 9.17) is 26.2 Å². The fraction of sp³-hybridized carbons (Fsp3) is 0.467. The summed E-state index contributed by atoms with van der Waals surface area (Å²) in [6, 6.07) is 11.0. The molecule has 216 valence electrons. The van der Waals surface area contributed by atoms with E-state index in [0.29, 0.717) is 30.0 Å². The standard InChI is InChI=1S/C30H37ClN2O7/c1-30(2,3)40-29(38)32-17-19-7-11-21(12-8-19)26(34)33-25(28(37)39-4)15-18-5-9-20(10-6-18)23-14-13-22(27(35)36)16-24(23)31/h5-6,9-10,13-14,16,19,21,25H,7-8,11-12,15,17H2,1-4H3,(H,32,38)(H,33,34)(H,35,36)/t19?,21?,25-/m0/s1. The van der Waals surface area contributed by atoms with Crippen molar-refractivity contribution in [1.29, 1.82) is 0 Å². The first-order valence-electron chi connectivity index (χ1n) is 13.3. The maximum atomic E-state index is 13.0. The second-order valence-corrected chi connectivity index (χ2v) is 11.5. The smallest absolute Gasteiger partial charge is 0.407 e. The highest BCUT2D eigenvalue weighted by Crippen LogP contribution is 2.30. The SMILES string of the molecule is COC(=O)[C@H](Cc1ccc(-c2ccc(C(=O)O)cc2Cl)cc1)NC(=O)C1CCC(CNC(=O)OC(C)(C)C)CC1. The summed E-state index contributed by atoms with van der Waals surface area (Å²) >= 11 is 6.29. The third-order valence-corrected chi connectivity index (χ3v) is 7.19. The molecule has 2 aromatic rings. The van der Waals surface area contributed by atoms with Crippen LogP contribution in [0.2, 0.25) is 5.02 Å². The summed E-state index contributed by atoms with van der Waals surface area (Å²) in [5, 5.41) is 15.1. The third-order valence-electron chi connectivity index (χ3n) is 6.87. The van der Waals surface area contributed by atoms with Crippen LogP contribution in [0, 0.1) is 11.8 Å². The second kappa shape index (κ2) is 13.7. The number of amides is 2. The van der Waals surface area contributed by atoms with Crippen molar-refractivity contribution in [3.63, 3.8) is 0 Å². The molecule has 3 N–H and O–H groups in total. The first kappa shape index (κ1) is 30.9. The number of methoxy groups -OCH3 is 1. The fourth-order valence-corrected chi connectivity index (χ4v) is 5.02. The highest BCUT2D eigenvalue weighted by Gasteiger charge is 2.30. The van der Waals surface area contributed by atoms with Crippen molar-refractivity contribution in [3.8, 4) is 11.1 Å². The first-order valence-corrected chi connectivity index (χ1v) is 13.7. The molecule has 9 nitrogen and oxygen atoms in total. The Balaban J connectivity index is 1.55.